The highest BCUT2D eigenvalue weighted by molar-refractivity contribution is 7.98. The van der Waals surface area contributed by atoms with Crippen LogP contribution in [-0.2, 0) is 12.8 Å². The van der Waals surface area contributed by atoms with E-state index in [9.17, 15) is 0 Å². The number of tetrazole rings is 1. The number of aryl methyl sites for hydroxylation is 1. The molecule has 18 heavy (non-hydrogen) atoms. The van der Waals surface area contributed by atoms with E-state index in [-0.39, 0.29) is 6.61 Å². The van der Waals surface area contributed by atoms with Crippen molar-refractivity contribution in [1.82, 2.24) is 20.2 Å². The molecule has 0 fully saturated rings. The smallest absolute Gasteiger partial charge is 0.209 e. The van der Waals surface area contributed by atoms with E-state index in [4.69, 9.17) is 5.11 Å². The maximum atomic E-state index is 8.64. The first-order valence-electron chi connectivity index (χ1n) is 5.33. The first kappa shape index (κ1) is 13.1. The number of nitrogens with zero attached hydrogens (tertiary/aromatic N) is 4. The highest BCUT2D eigenvalue weighted by Crippen LogP contribution is 2.24. The van der Waals surface area contributed by atoms with Crippen LogP contribution in [0.4, 0.5) is 0 Å². The topological polar surface area (TPSA) is 63.8 Å². The molecule has 0 aromatic carbocycles. The average Bonchev–Trinajstić information content (AvgIpc) is 2.96. The summed E-state index contributed by atoms with van der Waals surface area (Å²) in [5, 5.41) is 20.7. The monoisotopic (exact) mass is 280 g/mol. The first-order chi connectivity index (χ1) is 8.79. The molecule has 0 bridgehead atoms. The molecule has 2 heterocycles. The molecule has 0 unspecified atom stereocenters. The Labute approximate surface area is 113 Å². The highest BCUT2D eigenvalue weighted by atomic mass is 32.2. The van der Waals surface area contributed by atoms with Gasteiger partial charge in [-0.15, -0.1) is 16.4 Å². The van der Waals surface area contributed by atoms with Crippen molar-refractivity contribution < 1.29 is 5.11 Å². The van der Waals surface area contributed by atoms with Gasteiger partial charge >= 0.3 is 0 Å². The molecular weight excluding hydrogens is 268 g/mol. The summed E-state index contributed by atoms with van der Waals surface area (Å²) in [5.74, 6) is 6.77. The zero-order valence-corrected chi connectivity index (χ0v) is 11.5. The van der Waals surface area contributed by atoms with E-state index in [2.05, 4.69) is 33.4 Å². The number of aromatic nitrogens is 4. The molecule has 5 nitrogen and oxygen atoms in total. The molecule has 0 radical (unpaired) electrons. The van der Waals surface area contributed by atoms with Gasteiger partial charge in [-0.1, -0.05) is 23.6 Å². The number of hydrogen-bond donors (Lipinski definition) is 1. The lowest BCUT2D eigenvalue weighted by Gasteiger charge is -1.95. The SMILES string of the molecule is Cn1nnnc1SCc1ccc(C#CCCO)s1. The van der Waals surface area contributed by atoms with Gasteiger partial charge in [0.2, 0.25) is 5.16 Å². The molecule has 0 saturated carbocycles. The van der Waals surface area contributed by atoms with E-state index >= 15 is 0 Å². The molecule has 0 atom stereocenters. The molecular formula is C11H12N4OS2. The van der Waals surface area contributed by atoms with Crippen LogP contribution < -0.4 is 0 Å². The van der Waals surface area contributed by atoms with Crippen LogP contribution in [0.1, 0.15) is 16.2 Å². The lowest BCUT2D eigenvalue weighted by atomic mass is 10.4. The quantitative estimate of drug-likeness (QED) is 0.675. The van der Waals surface area contributed by atoms with Gasteiger partial charge in [0.15, 0.2) is 0 Å². The Kier molecular flexibility index (Phi) is 4.75. The number of rotatable bonds is 4. The van der Waals surface area contributed by atoms with Crippen molar-refractivity contribution in [2.24, 2.45) is 7.05 Å². The van der Waals surface area contributed by atoms with E-state index < -0.39 is 0 Å². The summed E-state index contributed by atoms with van der Waals surface area (Å²) in [6.45, 7) is 0.111. The fourth-order valence-corrected chi connectivity index (χ4v) is 2.98. The molecule has 0 spiro atoms. The molecule has 7 heteroatoms. The average molecular weight is 280 g/mol. The fraction of sp³-hybridized carbons (Fsp3) is 0.364. The Morgan fingerprint density at radius 1 is 1.50 bits per heavy atom. The zero-order chi connectivity index (χ0) is 12.8. The van der Waals surface area contributed by atoms with Crippen molar-refractivity contribution in [3.8, 4) is 11.8 Å². The van der Waals surface area contributed by atoms with Crippen LogP contribution in [0.5, 0.6) is 0 Å². The Hall–Kier alpha value is -1.36. The molecule has 0 aliphatic rings. The molecule has 2 aromatic heterocycles. The van der Waals surface area contributed by atoms with Gasteiger partial charge < -0.3 is 5.11 Å². The minimum Gasteiger partial charge on any atom is -0.395 e. The summed E-state index contributed by atoms with van der Waals surface area (Å²) < 4.78 is 1.65. The number of aliphatic hydroxyl groups excluding tert-OH is 1. The lowest BCUT2D eigenvalue weighted by Crippen LogP contribution is -1.92. The summed E-state index contributed by atoms with van der Waals surface area (Å²) in [7, 11) is 1.82. The van der Waals surface area contributed by atoms with Gasteiger partial charge in [0.05, 0.1) is 11.5 Å². The maximum absolute atomic E-state index is 8.64. The molecule has 0 saturated heterocycles. The minimum absolute atomic E-state index is 0.111. The number of aliphatic hydroxyl groups is 1. The molecule has 1 N–H and O–H groups in total. The second-order valence-corrected chi connectivity index (χ2v) is 5.53. The van der Waals surface area contributed by atoms with Crippen LogP contribution in [0.25, 0.3) is 0 Å². The van der Waals surface area contributed by atoms with Crippen LogP contribution in [-0.4, -0.2) is 31.9 Å². The van der Waals surface area contributed by atoms with Gasteiger partial charge in [-0.2, -0.15) is 0 Å². The van der Waals surface area contributed by atoms with Gasteiger partial charge in [-0.05, 0) is 22.6 Å². The third-order valence-electron chi connectivity index (χ3n) is 2.03. The Balaban J connectivity index is 1.91. The van der Waals surface area contributed by atoms with Gasteiger partial charge in [0.25, 0.3) is 0 Å². The molecule has 2 rings (SSSR count). The predicted molar refractivity (Wildman–Crippen MR) is 71.3 cm³/mol. The largest absolute Gasteiger partial charge is 0.395 e. The molecule has 94 valence electrons. The second kappa shape index (κ2) is 6.54. The maximum Gasteiger partial charge on any atom is 0.209 e. The Morgan fingerprint density at radius 3 is 3.11 bits per heavy atom. The molecule has 0 amide bonds. The van der Waals surface area contributed by atoms with E-state index in [1.54, 1.807) is 27.8 Å². The van der Waals surface area contributed by atoms with Crippen molar-refractivity contribution in [2.75, 3.05) is 6.61 Å². The van der Waals surface area contributed by atoms with Gasteiger partial charge in [0, 0.05) is 24.1 Å². The number of thiophene rings is 1. The zero-order valence-electron chi connectivity index (χ0n) is 9.83. The molecule has 0 aliphatic carbocycles. The molecule has 0 aliphatic heterocycles. The van der Waals surface area contributed by atoms with E-state index in [0.717, 1.165) is 15.8 Å². The van der Waals surface area contributed by atoms with Gasteiger partial charge in [0.1, 0.15) is 0 Å². The van der Waals surface area contributed by atoms with E-state index in [1.807, 2.05) is 13.1 Å². The van der Waals surface area contributed by atoms with Crippen molar-refractivity contribution in [1.29, 1.82) is 0 Å². The van der Waals surface area contributed by atoms with Crippen LogP contribution in [0.2, 0.25) is 0 Å². The predicted octanol–water partition coefficient (Wildman–Crippen LogP) is 1.30. The van der Waals surface area contributed by atoms with Crippen molar-refractivity contribution in [2.45, 2.75) is 17.3 Å². The van der Waals surface area contributed by atoms with E-state index in [1.165, 1.54) is 4.88 Å². The van der Waals surface area contributed by atoms with Crippen LogP contribution >= 0.6 is 23.1 Å². The number of hydrogen-bond acceptors (Lipinski definition) is 6. The third-order valence-corrected chi connectivity index (χ3v) is 4.28. The summed E-state index contributed by atoms with van der Waals surface area (Å²) >= 11 is 3.25. The lowest BCUT2D eigenvalue weighted by molar-refractivity contribution is 0.305. The Bertz CT molecular complexity index is 567. The summed E-state index contributed by atoms with van der Waals surface area (Å²) in [6.07, 6.45) is 0.520. The highest BCUT2D eigenvalue weighted by Gasteiger charge is 2.04. The second-order valence-electron chi connectivity index (χ2n) is 3.42. The summed E-state index contributed by atoms with van der Waals surface area (Å²) in [4.78, 5) is 2.26. The van der Waals surface area contributed by atoms with Crippen molar-refractivity contribution in [3.63, 3.8) is 0 Å². The fourth-order valence-electron chi connectivity index (χ4n) is 1.21. The van der Waals surface area contributed by atoms with Crippen LogP contribution in [0.3, 0.4) is 0 Å². The summed E-state index contributed by atoms with van der Waals surface area (Å²) in [6, 6.07) is 4.06. The van der Waals surface area contributed by atoms with Crippen LogP contribution in [0.15, 0.2) is 17.3 Å². The van der Waals surface area contributed by atoms with E-state index in [0.29, 0.717) is 6.42 Å². The summed E-state index contributed by atoms with van der Waals surface area (Å²) in [5.41, 5.74) is 0. The van der Waals surface area contributed by atoms with Gasteiger partial charge in [-0.25, -0.2) is 4.68 Å². The number of thioether (sulfide) groups is 1. The van der Waals surface area contributed by atoms with Crippen molar-refractivity contribution >= 4 is 23.1 Å². The first-order valence-corrected chi connectivity index (χ1v) is 7.13. The van der Waals surface area contributed by atoms with Crippen molar-refractivity contribution in [3.05, 3.63) is 21.9 Å². The molecule has 2 aromatic rings. The Morgan fingerprint density at radius 2 is 2.39 bits per heavy atom. The van der Waals surface area contributed by atoms with Gasteiger partial charge in [-0.3, -0.25) is 0 Å². The third kappa shape index (κ3) is 3.57. The van der Waals surface area contributed by atoms with Crippen LogP contribution in [0, 0.1) is 11.8 Å². The normalized spacial score (nSPS) is 10.1. The standard InChI is InChI=1S/C11H12N4OS2/c1-15-11(12-13-14-15)17-8-10-6-5-9(18-10)4-2-3-7-16/h5-6,16H,3,7-8H2,1H3. The minimum atomic E-state index is 0.111.